The Kier molecular flexibility index (Phi) is 5.65. The molecule has 0 saturated heterocycles. The summed E-state index contributed by atoms with van der Waals surface area (Å²) in [7, 11) is 0. The number of furan rings is 1. The van der Waals surface area contributed by atoms with Crippen LogP contribution in [-0.2, 0) is 11.3 Å². The van der Waals surface area contributed by atoms with Gasteiger partial charge in [0.25, 0.3) is 0 Å². The molecule has 0 aliphatic rings. The van der Waals surface area contributed by atoms with Gasteiger partial charge in [0.15, 0.2) is 10.8 Å². The van der Waals surface area contributed by atoms with E-state index < -0.39 is 0 Å². The van der Waals surface area contributed by atoms with Gasteiger partial charge in [-0.15, -0.1) is 0 Å². The van der Waals surface area contributed by atoms with Gasteiger partial charge in [0.1, 0.15) is 11.2 Å². The van der Waals surface area contributed by atoms with Crippen LogP contribution in [0.3, 0.4) is 0 Å². The van der Waals surface area contributed by atoms with Gasteiger partial charge in [-0.2, -0.15) is 5.10 Å². The molecule has 0 spiro atoms. The highest BCUT2D eigenvalue weighted by atomic mass is 35.5. The van der Waals surface area contributed by atoms with E-state index in [0.717, 1.165) is 16.9 Å². The summed E-state index contributed by atoms with van der Waals surface area (Å²) in [6, 6.07) is 9.08. The summed E-state index contributed by atoms with van der Waals surface area (Å²) >= 11 is 7.42. The molecule has 0 saturated carbocycles. The fraction of sp³-hybridized carbons (Fsp3) is 0.200. The van der Waals surface area contributed by atoms with Gasteiger partial charge >= 0.3 is 0 Å². The number of carbonyl (C=O) groups excluding carboxylic acids is 1. The van der Waals surface area contributed by atoms with E-state index in [1.54, 1.807) is 29.0 Å². The van der Waals surface area contributed by atoms with Crippen LogP contribution in [0.4, 0.5) is 0 Å². The van der Waals surface area contributed by atoms with E-state index in [4.69, 9.17) is 21.4 Å². The number of rotatable bonds is 6. The Morgan fingerprint density at radius 2 is 2.20 bits per heavy atom. The van der Waals surface area contributed by atoms with Crippen LogP contribution in [0, 0.1) is 19.3 Å². The van der Waals surface area contributed by atoms with Crippen LogP contribution in [0.15, 0.2) is 46.2 Å². The van der Waals surface area contributed by atoms with E-state index >= 15 is 0 Å². The fourth-order valence-electron chi connectivity index (χ4n) is 3.01. The number of aryl methyl sites for hydroxylation is 2. The number of aromatic nitrogens is 4. The van der Waals surface area contributed by atoms with Gasteiger partial charge in [-0.3, -0.25) is 19.9 Å². The van der Waals surface area contributed by atoms with Crippen LogP contribution in [0.25, 0.3) is 16.7 Å². The molecule has 0 aliphatic carbocycles. The van der Waals surface area contributed by atoms with E-state index in [2.05, 4.69) is 20.5 Å². The van der Waals surface area contributed by atoms with Gasteiger partial charge in [-0.25, -0.2) is 4.98 Å². The third kappa shape index (κ3) is 3.99. The van der Waals surface area contributed by atoms with Gasteiger partial charge in [-0.1, -0.05) is 23.4 Å². The van der Waals surface area contributed by atoms with E-state index in [0.29, 0.717) is 33.5 Å². The maximum Gasteiger partial charge on any atom is 0.230 e. The summed E-state index contributed by atoms with van der Waals surface area (Å²) in [6.45, 7) is 4.07. The predicted molar refractivity (Wildman–Crippen MR) is 115 cm³/mol. The lowest BCUT2D eigenvalue weighted by Gasteiger charge is -2.14. The number of benzene rings is 1. The maximum atomic E-state index is 12.3. The zero-order valence-electron chi connectivity index (χ0n) is 16.3. The summed E-state index contributed by atoms with van der Waals surface area (Å²) in [5.74, 6) is 0.649. The normalized spacial score (nSPS) is 11.2. The van der Waals surface area contributed by atoms with Gasteiger partial charge in [0.2, 0.25) is 5.91 Å². The summed E-state index contributed by atoms with van der Waals surface area (Å²) in [5, 5.41) is 20.4. The Labute approximate surface area is 181 Å². The predicted octanol–water partition coefficient (Wildman–Crippen LogP) is 3.50. The number of thioether (sulfide) groups is 1. The Balaban J connectivity index is 1.66. The molecular weight excluding hydrogens is 424 g/mol. The molecule has 8 nitrogen and oxygen atoms in total. The number of hydrogen-bond acceptors (Lipinski definition) is 6. The average molecular weight is 443 g/mol. The summed E-state index contributed by atoms with van der Waals surface area (Å²) in [6.07, 6.45) is 1.56. The molecule has 10 heteroatoms. The van der Waals surface area contributed by atoms with E-state index in [1.807, 2.05) is 26.0 Å². The molecule has 0 atom stereocenters. The van der Waals surface area contributed by atoms with Crippen LogP contribution >= 0.6 is 23.4 Å². The molecular formula is C20H19ClN6O2S. The minimum absolute atomic E-state index is 0.134. The lowest BCUT2D eigenvalue weighted by atomic mass is 10.2. The lowest BCUT2D eigenvalue weighted by Crippen LogP contribution is -2.26. The average Bonchev–Trinajstić information content (AvgIpc) is 3.37. The van der Waals surface area contributed by atoms with Crippen molar-refractivity contribution in [3.8, 4) is 5.69 Å². The molecule has 30 heavy (non-hydrogen) atoms. The third-order valence-electron chi connectivity index (χ3n) is 4.55. The monoisotopic (exact) mass is 442 g/mol. The smallest absolute Gasteiger partial charge is 0.230 e. The van der Waals surface area contributed by atoms with Crippen molar-refractivity contribution in [3.63, 3.8) is 0 Å². The summed E-state index contributed by atoms with van der Waals surface area (Å²) < 4.78 is 6.93. The molecule has 1 amide bonds. The first-order chi connectivity index (χ1) is 14.4. The number of hydrogen-bond donors (Lipinski definition) is 3. The standard InChI is InChI=1S/C20H19ClN6O2S/c1-11-8-13(5-6-15(11)21)27-18(22)17-12(2)25-26-19(17)24-20(27)30-10-16(28)23-9-14-4-3-7-29-14/h3-8,22H,9-10H2,1-2H3,(H,23,28)(H,25,26). The minimum atomic E-state index is -0.165. The van der Waals surface area contributed by atoms with Crippen molar-refractivity contribution in [1.29, 1.82) is 5.41 Å². The zero-order chi connectivity index (χ0) is 21.3. The fourth-order valence-corrected chi connectivity index (χ4v) is 3.97. The van der Waals surface area contributed by atoms with E-state index in [9.17, 15) is 4.79 Å². The molecule has 0 bridgehead atoms. The molecule has 0 radical (unpaired) electrons. The van der Waals surface area contributed by atoms with Gasteiger partial charge in [0, 0.05) is 16.4 Å². The van der Waals surface area contributed by atoms with Gasteiger partial charge in [0.05, 0.1) is 23.9 Å². The number of aromatic amines is 1. The Morgan fingerprint density at radius 3 is 2.93 bits per heavy atom. The first kappa shape index (κ1) is 20.2. The Hall–Kier alpha value is -3.04. The number of nitrogens with one attached hydrogen (secondary N) is 3. The number of halogens is 1. The van der Waals surface area contributed by atoms with Crippen molar-refractivity contribution in [3.05, 3.63) is 64.1 Å². The highest BCUT2D eigenvalue weighted by Gasteiger charge is 2.17. The molecule has 0 unspecified atom stereocenters. The molecule has 154 valence electrons. The van der Waals surface area contributed by atoms with Crippen LogP contribution in [-0.4, -0.2) is 31.4 Å². The first-order valence-corrected chi connectivity index (χ1v) is 10.5. The third-order valence-corrected chi connectivity index (χ3v) is 5.92. The van der Waals surface area contributed by atoms with Crippen molar-refractivity contribution in [2.24, 2.45) is 0 Å². The Bertz CT molecular complexity index is 1280. The molecule has 3 N–H and O–H groups in total. The molecule has 1 aromatic carbocycles. The molecule has 0 aliphatic heterocycles. The minimum Gasteiger partial charge on any atom is -0.467 e. The topological polar surface area (TPSA) is 113 Å². The number of H-pyrrole nitrogens is 1. The van der Waals surface area contributed by atoms with Gasteiger partial charge in [-0.05, 0) is 49.7 Å². The van der Waals surface area contributed by atoms with Crippen LogP contribution in [0.2, 0.25) is 5.02 Å². The summed E-state index contributed by atoms with van der Waals surface area (Å²) in [5.41, 5.74) is 3.08. The SMILES string of the molecule is Cc1cc(-n2c(SCC(=O)NCc3ccco3)nc3n[nH]c(C)c3c2=N)ccc1Cl. The largest absolute Gasteiger partial charge is 0.467 e. The van der Waals surface area contributed by atoms with Crippen LogP contribution < -0.4 is 10.8 Å². The maximum absolute atomic E-state index is 12.3. The van der Waals surface area contributed by atoms with Crippen molar-refractivity contribution < 1.29 is 9.21 Å². The number of amides is 1. The van der Waals surface area contributed by atoms with E-state index in [-0.39, 0.29) is 17.1 Å². The molecule has 4 rings (SSSR count). The van der Waals surface area contributed by atoms with Gasteiger partial charge < -0.3 is 9.73 Å². The van der Waals surface area contributed by atoms with Crippen LogP contribution in [0.1, 0.15) is 17.0 Å². The zero-order valence-corrected chi connectivity index (χ0v) is 17.9. The Morgan fingerprint density at radius 1 is 1.37 bits per heavy atom. The number of carbonyl (C=O) groups is 1. The highest BCUT2D eigenvalue weighted by Crippen LogP contribution is 2.24. The van der Waals surface area contributed by atoms with Crippen molar-refractivity contribution in [2.75, 3.05) is 5.75 Å². The van der Waals surface area contributed by atoms with Crippen molar-refractivity contribution in [2.45, 2.75) is 25.5 Å². The van der Waals surface area contributed by atoms with Crippen LogP contribution in [0.5, 0.6) is 0 Å². The molecule has 3 aromatic heterocycles. The number of fused-ring (bicyclic) bond motifs is 1. The highest BCUT2D eigenvalue weighted by molar-refractivity contribution is 7.99. The molecule has 0 fully saturated rings. The number of nitrogens with zero attached hydrogens (tertiary/aromatic N) is 3. The van der Waals surface area contributed by atoms with E-state index in [1.165, 1.54) is 11.8 Å². The second-order valence-electron chi connectivity index (χ2n) is 6.70. The first-order valence-electron chi connectivity index (χ1n) is 9.15. The quantitative estimate of drug-likeness (QED) is 0.312. The second-order valence-corrected chi connectivity index (χ2v) is 8.05. The molecule has 4 aromatic rings. The second kappa shape index (κ2) is 8.37. The van der Waals surface area contributed by atoms with Crippen molar-refractivity contribution >= 4 is 40.3 Å². The summed E-state index contributed by atoms with van der Waals surface area (Å²) in [4.78, 5) is 16.9. The lowest BCUT2D eigenvalue weighted by molar-refractivity contribution is -0.118. The molecule has 3 heterocycles. The van der Waals surface area contributed by atoms with Crippen molar-refractivity contribution in [1.82, 2.24) is 25.1 Å².